The molecule has 0 unspecified atom stereocenters. The largest absolute Gasteiger partial charge is 0.491 e. The molecule has 3 N–H and O–H groups in total. The number of anilines is 1. The minimum Gasteiger partial charge on any atom is -0.491 e. The van der Waals surface area contributed by atoms with Crippen molar-refractivity contribution in [2.75, 3.05) is 39.2 Å². The fourth-order valence-corrected chi connectivity index (χ4v) is 3.17. The fraction of sp³-hybridized carbons (Fsp3) is 0.619. The molecule has 1 aliphatic rings. The number of hydrogen-bond acceptors (Lipinski definition) is 5. The van der Waals surface area contributed by atoms with Crippen molar-refractivity contribution in [3.63, 3.8) is 0 Å². The Kier molecular flexibility index (Phi) is 8.28. The molecule has 1 aromatic carbocycles. The molecule has 0 aliphatic carbocycles. The van der Waals surface area contributed by atoms with E-state index < -0.39 is 0 Å². The van der Waals surface area contributed by atoms with Crippen LogP contribution in [0.3, 0.4) is 0 Å². The normalized spacial score (nSPS) is 23.5. The van der Waals surface area contributed by atoms with Gasteiger partial charge in [-0.3, -0.25) is 4.79 Å². The zero-order valence-electron chi connectivity index (χ0n) is 18.2. The van der Waals surface area contributed by atoms with Gasteiger partial charge in [0.05, 0.1) is 11.7 Å². The summed E-state index contributed by atoms with van der Waals surface area (Å²) in [7, 11) is 3.42. The number of nitrogens with one attached hydrogen (secondary N) is 3. The maximum absolute atomic E-state index is 13.2. The number of ether oxygens (including phenoxy) is 2. The predicted octanol–water partition coefficient (Wildman–Crippen LogP) is 2.31. The Balaban J connectivity index is 2.31. The van der Waals surface area contributed by atoms with E-state index in [2.05, 4.69) is 22.9 Å². The number of nitrogens with zero attached hydrogens (tertiary/aromatic N) is 1. The molecule has 0 aromatic heterocycles. The fourth-order valence-electron chi connectivity index (χ4n) is 3.17. The SMILES string of the molecule is CO[C@@H]1CN(C)C(=O)c2cc(NC(=O)NC(C)C)ccc2OC[C@@H](C)NC[C@@H]1C. The highest BCUT2D eigenvalue weighted by atomic mass is 16.5. The third kappa shape index (κ3) is 6.61. The van der Waals surface area contributed by atoms with Gasteiger partial charge in [0.15, 0.2) is 0 Å². The third-order valence-electron chi connectivity index (χ3n) is 4.90. The summed E-state index contributed by atoms with van der Waals surface area (Å²) < 4.78 is 11.6. The standard InChI is InChI=1S/C21H34N4O4/c1-13(2)23-21(27)24-16-7-8-18-17(9-16)20(26)25(5)11-19(28-6)14(3)10-22-15(4)12-29-18/h7-9,13-15,19,22H,10-12H2,1-6H3,(H2,23,24,27)/t14-,15+,19+/m0/s1. The number of amides is 3. The van der Waals surface area contributed by atoms with Crippen LogP contribution in [0, 0.1) is 5.92 Å². The highest BCUT2D eigenvalue weighted by Crippen LogP contribution is 2.25. The molecule has 0 fully saturated rings. The molecule has 3 atom stereocenters. The number of carbonyl (C=O) groups is 2. The number of fused-ring (bicyclic) bond motifs is 1. The highest BCUT2D eigenvalue weighted by Gasteiger charge is 2.25. The van der Waals surface area contributed by atoms with Gasteiger partial charge in [0.2, 0.25) is 0 Å². The van der Waals surface area contributed by atoms with Crippen LogP contribution in [0.15, 0.2) is 18.2 Å². The monoisotopic (exact) mass is 406 g/mol. The quantitative estimate of drug-likeness (QED) is 0.716. The zero-order valence-corrected chi connectivity index (χ0v) is 18.2. The summed E-state index contributed by atoms with van der Waals surface area (Å²) in [5.41, 5.74) is 0.937. The molecule has 2 rings (SSSR count). The smallest absolute Gasteiger partial charge is 0.319 e. The lowest BCUT2D eigenvalue weighted by Crippen LogP contribution is -2.44. The van der Waals surface area contributed by atoms with Gasteiger partial charge in [0.25, 0.3) is 5.91 Å². The van der Waals surface area contributed by atoms with Crippen LogP contribution in [0.25, 0.3) is 0 Å². The first-order valence-electron chi connectivity index (χ1n) is 10.1. The predicted molar refractivity (Wildman–Crippen MR) is 114 cm³/mol. The van der Waals surface area contributed by atoms with Gasteiger partial charge in [0.1, 0.15) is 12.4 Å². The third-order valence-corrected chi connectivity index (χ3v) is 4.90. The summed E-state index contributed by atoms with van der Waals surface area (Å²) in [5, 5.41) is 8.99. The van der Waals surface area contributed by atoms with E-state index in [0.29, 0.717) is 30.2 Å². The van der Waals surface area contributed by atoms with Crippen LogP contribution < -0.4 is 20.7 Å². The van der Waals surface area contributed by atoms with E-state index in [1.165, 1.54) is 0 Å². The topological polar surface area (TPSA) is 91.9 Å². The Morgan fingerprint density at radius 3 is 2.72 bits per heavy atom. The Hall–Kier alpha value is -2.32. The summed E-state index contributed by atoms with van der Waals surface area (Å²) in [6.07, 6.45) is -0.0921. The molecule has 0 spiro atoms. The molecule has 0 bridgehead atoms. The molecule has 1 heterocycles. The lowest BCUT2D eigenvalue weighted by Gasteiger charge is -2.30. The summed E-state index contributed by atoms with van der Waals surface area (Å²) >= 11 is 0. The Labute approximate surface area is 173 Å². The molecule has 162 valence electrons. The number of likely N-dealkylation sites (N-methyl/N-ethyl adjacent to an activating group) is 1. The maximum Gasteiger partial charge on any atom is 0.319 e. The van der Waals surface area contributed by atoms with E-state index in [9.17, 15) is 9.59 Å². The van der Waals surface area contributed by atoms with Gasteiger partial charge in [-0.25, -0.2) is 4.79 Å². The Morgan fingerprint density at radius 1 is 1.34 bits per heavy atom. The first-order valence-corrected chi connectivity index (χ1v) is 10.1. The molecular formula is C21H34N4O4. The molecule has 0 saturated carbocycles. The molecule has 8 heteroatoms. The molecule has 0 radical (unpaired) electrons. The van der Waals surface area contributed by atoms with Gasteiger partial charge >= 0.3 is 6.03 Å². The molecule has 0 saturated heterocycles. The lowest BCUT2D eigenvalue weighted by atomic mass is 10.0. The minimum atomic E-state index is -0.319. The summed E-state index contributed by atoms with van der Waals surface area (Å²) in [4.78, 5) is 26.8. The molecule has 29 heavy (non-hydrogen) atoms. The number of methoxy groups -OCH3 is 1. The molecule has 3 amide bonds. The number of rotatable bonds is 3. The molecule has 8 nitrogen and oxygen atoms in total. The van der Waals surface area contributed by atoms with E-state index in [1.54, 1.807) is 37.3 Å². The van der Waals surface area contributed by atoms with E-state index in [0.717, 1.165) is 6.54 Å². The second kappa shape index (κ2) is 10.5. The Morgan fingerprint density at radius 2 is 2.07 bits per heavy atom. The minimum absolute atomic E-state index is 0.0114. The van der Waals surface area contributed by atoms with E-state index >= 15 is 0 Å². The van der Waals surface area contributed by atoms with E-state index in [1.807, 2.05) is 20.8 Å². The van der Waals surface area contributed by atoms with Crippen LogP contribution in [-0.2, 0) is 4.74 Å². The number of hydrogen-bond donors (Lipinski definition) is 3. The van der Waals surface area contributed by atoms with Crippen LogP contribution in [0.4, 0.5) is 10.5 Å². The Bertz CT molecular complexity index is 710. The first kappa shape index (κ1) is 23.0. The maximum atomic E-state index is 13.2. The van der Waals surface area contributed by atoms with Gasteiger partial charge in [-0.05, 0) is 44.9 Å². The van der Waals surface area contributed by atoms with Crippen molar-refractivity contribution in [1.29, 1.82) is 0 Å². The first-order chi connectivity index (χ1) is 13.7. The van der Waals surface area contributed by atoms with Crippen molar-refractivity contribution in [2.45, 2.75) is 45.9 Å². The highest BCUT2D eigenvalue weighted by molar-refractivity contribution is 5.99. The van der Waals surface area contributed by atoms with Crippen molar-refractivity contribution in [1.82, 2.24) is 15.5 Å². The van der Waals surface area contributed by atoms with Gasteiger partial charge in [-0.1, -0.05) is 6.92 Å². The van der Waals surface area contributed by atoms with E-state index in [4.69, 9.17) is 9.47 Å². The molecular weight excluding hydrogens is 372 g/mol. The molecule has 1 aliphatic heterocycles. The summed E-state index contributed by atoms with van der Waals surface area (Å²) in [6.45, 7) is 9.56. The number of urea groups is 1. The van der Waals surface area contributed by atoms with Crippen LogP contribution in [-0.4, -0.2) is 68.9 Å². The van der Waals surface area contributed by atoms with Gasteiger partial charge in [0, 0.05) is 45.0 Å². The van der Waals surface area contributed by atoms with Crippen molar-refractivity contribution in [2.24, 2.45) is 5.92 Å². The average Bonchev–Trinajstić information content (AvgIpc) is 2.66. The molecule has 1 aromatic rings. The van der Waals surface area contributed by atoms with Crippen LogP contribution >= 0.6 is 0 Å². The second-order valence-electron chi connectivity index (χ2n) is 8.02. The van der Waals surface area contributed by atoms with Crippen molar-refractivity contribution >= 4 is 17.6 Å². The average molecular weight is 407 g/mol. The number of carbonyl (C=O) groups excluding carboxylic acids is 2. The van der Waals surface area contributed by atoms with Crippen molar-refractivity contribution < 1.29 is 19.1 Å². The van der Waals surface area contributed by atoms with Crippen molar-refractivity contribution in [3.05, 3.63) is 23.8 Å². The lowest BCUT2D eigenvalue weighted by molar-refractivity contribution is 0.0281. The zero-order chi connectivity index (χ0) is 21.6. The summed E-state index contributed by atoms with van der Waals surface area (Å²) in [6, 6.07) is 4.92. The number of benzene rings is 1. The second-order valence-corrected chi connectivity index (χ2v) is 8.02. The van der Waals surface area contributed by atoms with Crippen molar-refractivity contribution in [3.8, 4) is 5.75 Å². The van der Waals surface area contributed by atoms with E-state index in [-0.39, 0.29) is 36.0 Å². The van der Waals surface area contributed by atoms with Crippen LogP contribution in [0.2, 0.25) is 0 Å². The van der Waals surface area contributed by atoms with Gasteiger partial charge < -0.3 is 30.3 Å². The van der Waals surface area contributed by atoms with Gasteiger partial charge in [-0.2, -0.15) is 0 Å². The van der Waals surface area contributed by atoms with Crippen LogP contribution in [0.5, 0.6) is 5.75 Å². The summed E-state index contributed by atoms with van der Waals surface area (Å²) in [5.74, 6) is 0.542. The van der Waals surface area contributed by atoms with Crippen LogP contribution in [0.1, 0.15) is 38.1 Å². The van der Waals surface area contributed by atoms with Gasteiger partial charge in [-0.15, -0.1) is 0 Å².